The van der Waals surface area contributed by atoms with Gasteiger partial charge in [0.2, 0.25) is 11.9 Å². The highest BCUT2D eigenvalue weighted by molar-refractivity contribution is 5.98. The standard InChI is InChI=1S/C20H20FN3O3/c1-20(2,12-4-7-16-17(10-12)27-9-8-26-16)18(25)23-19-22-14-11-13(21)5-6-15(14)24(19)3/h4-7,10-11H,8-9H2,1-3H3,(H,22,23,25). The summed E-state index contributed by atoms with van der Waals surface area (Å²) >= 11 is 0. The summed E-state index contributed by atoms with van der Waals surface area (Å²) in [4.78, 5) is 17.3. The van der Waals surface area contributed by atoms with Crippen LogP contribution >= 0.6 is 0 Å². The zero-order valence-corrected chi connectivity index (χ0v) is 15.4. The fraction of sp³-hybridized carbons (Fsp3) is 0.300. The topological polar surface area (TPSA) is 65.4 Å². The molecule has 0 saturated carbocycles. The second-order valence-corrected chi connectivity index (χ2v) is 7.07. The zero-order chi connectivity index (χ0) is 19.2. The molecule has 1 aromatic heterocycles. The van der Waals surface area contributed by atoms with Gasteiger partial charge in [0, 0.05) is 13.1 Å². The first-order valence-corrected chi connectivity index (χ1v) is 8.70. The van der Waals surface area contributed by atoms with E-state index in [0.29, 0.717) is 36.2 Å². The lowest BCUT2D eigenvalue weighted by molar-refractivity contribution is -0.120. The summed E-state index contributed by atoms with van der Waals surface area (Å²) in [5.74, 6) is 1.09. The molecule has 2 aromatic carbocycles. The molecule has 2 heterocycles. The van der Waals surface area contributed by atoms with Crippen molar-refractivity contribution in [2.45, 2.75) is 19.3 Å². The van der Waals surface area contributed by atoms with Gasteiger partial charge in [0.15, 0.2) is 11.5 Å². The van der Waals surface area contributed by atoms with Crippen LogP contribution < -0.4 is 14.8 Å². The number of nitrogens with one attached hydrogen (secondary N) is 1. The van der Waals surface area contributed by atoms with Crippen molar-refractivity contribution in [1.29, 1.82) is 0 Å². The lowest BCUT2D eigenvalue weighted by atomic mass is 9.83. The highest BCUT2D eigenvalue weighted by atomic mass is 19.1. The average Bonchev–Trinajstić information content (AvgIpc) is 2.96. The van der Waals surface area contributed by atoms with E-state index < -0.39 is 5.41 Å². The van der Waals surface area contributed by atoms with Crippen molar-refractivity contribution in [3.05, 3.63) is 47.8 Å². The molecule has 6 nitrogen and oxygen atoms in total. The van der Waals surface area contributed by atoms with Crippen LogP contribution in [0.5, 0.6) is 11.5 Å². The van der Waals surface area contributed by atoms with Crippen LogP contribution in [0.3, 0.4) is 0 Å². The predicted octanol–water partition coefficient (Wildman–Crippen LogP) is 3.40. The van der Waals surface area contributed by atoms with E-state index in [9.17, 15) is 9.18 Å². The van der Waals surface area contributed by atoms with E-state index >= 15 is 0 Å². The Morgan fingerprint density at radius 1 is 1.15 bits per heavy atom. The number of hydrogen-bond acceptors (Lipinski definition) is 4. The number of carbonyl (C=O) groups is 1. The highest BCUT2D eigenvalue weighted by Gasteiger charge is 2.32. The molecule has 7 heteroatoms. The van der Waals surface area contributed by atoms with Gasteiger partial charge in [0.1, 0.15) is 19.0 Å². The van der Waals surface area contributed by atoms with E-state index in [0.717, 1.165) is 11.1 Å². The minimum Gasteiger partial charge on any atom is -0.486 e. The number of nitrogens with zero attached hydrogens (tertiary/aromatic N) is 2. The van der Waals surface area contributed by atoms with Crippen LogP contribution in [0.1, 0.15) is 19.4 Å². The van der Waals surface area contributed by atoms with E-state index in [2.05, 4.69) is 10.3 Å². The molecule has 0 fully saturated rings. The number of halogens is 1. The van der Waals surface area contributed by atoms with Gasteiger partial charge in [-0.15, -0.1) is 0 Å². The molecule has 27 heavy (non-hydrogen) atoms. The third-order valence-corrected chi connectivity index (χ3v) is 4.90. The van der Waals surface area contributed by atoms with Crippen LogP contribution in [-0.2, 0) is 17.3 Å². The molecule has 1 N–H and O–H groups in total. The number of rotatable bonds is 3. The summed E-state index contributed by atoms with van der Waals surface area (Å²) in [6, 6.07) is 9.86. The highest BCUT2D eigenvalue weighted by Crippen LogP contribution is 2.35. The Morgan fingerprint density at radius 3 is 2.67 bits per heavy atom. The van der Waals surface area contributed by atoms with Gasteiger partial charge < -0.3 is 14.0 Å². The number of benzene rings is 2. The van der Waals surface area contributed by atoms with Gasteiger partial charge in [-0.2, -0.15) is 0 Å². The normalized spacial score (nSPS) is 13.6. The molecule has 0 spiro atoms. The summed E-state index contributed by atoms with van der Waals surface area (Å²) in [6.07, 6.45) is 0. The molecule has 0 radical (unpaired) electrons. The minimum atomic E-state index is -0.834. The third kappa shape index (κ3) is 2.99. The molecule has 1 aliphatic heterocycles. The molecular formula is C20H20FN3O3. The second kappa shape index (κ2) is 6.26. The van der Waals surface area contributed by atoms with Gasteiger partial charge in [-0.25, -0.2) is 9.37 Å². The number of aryl methyl sites for hydroxylation is 1. The van der Waals surface area contributed by atoms with Crippen molar-refractivity contribution in [1.82, 2.24) is 9.55 Å². The molecule has 140 valence electrons. The molecule has 0 saturated heterocycles. The SMILES string of the molecule is Cn1c(NC(=O)C(C)(C)c2ccc3c(c2)OCCO3)nc2cc(F)ccc21. The van der Waals surface area contributed by atoms with Gasteiger partial charge in [-0.05, 0) is 43.7 Å². The zero-order valence-electron chi connectivity index (χ0n) is 15.4. The van der Waals surface area contributed by atoms with Crippen molar-refractivity contribution in [2.24, 2.45) is 7.05 Å². The lowest BCUT2D eigenvalue weighted by Crippen LogP contribution is -2.35. The van der Waals surface area contributed by atoms with Gasteiger partial charge in [0.05, 0.1) is 16.4 Å². The summed E-state index contributed by atoms with van der Waals surface area (Å²) in [5, 5.41) is 2.86. The molecule has 4 rings (SSSR count). The number of hydrogen-bond donors (Lipinski definition) is 1. The van der Waals surface area contributed by atoms with Crippen LogP contribution in [0, 0.1) is 5.82 Å². The van der Waals surface area contributed by atoms with Crippen LogP contribution in [0.25, 0.3) is 11.0 Å². The van der Waals surface area contributed by atoms with Crippen molar-refractivity contribution >= 4 is 22.9 Å². The molecule has 3 aromatic rings. The first-order valence-electron chi connectivity index (χ1n) is 8.70. The first kappa shape index (κ1) is 17.3. The molecule has 0 aliphatic carbocycles. The number of ether oxygens (including phenoxy) is 2. The predicted molar refractivity (Wildman–Crippen MR) is 99.8 cm³/mol. The molecule has 0 atom stereocenters. The second-order valence-electron chi connectivity index (χ2n) is 7.07. The third-order valence-electron chi connectivity index (χ3n) is 4.90. The maximum atomic E-state index is 13.4. The summed E-state index contributed by atoms with van der Waals surface area (Å²) < 4.78 is 26.3. The minimum absolute atomic E-state index is 0.224. The van der Waals surface area contributed by atoms with Gasteiger partial charge in [-0.3, -0.25) is 10.1 Å². The molecular weight excluding hydrogens is 349 g/mol. The summed E-state index contributed by atoms with van der Waals surface area (Å²) in [6.45, 7) is 4.66. The van der Waals surface area contributed by atoms with E-state index in [1.54, 1.807) is 17.7 Å². The smallest absolute Gasteiger partial charge is 0.236 e. The quantitative estimate of drug-likeness (QED) is 0.769. The van der Waals surface area contributed by atoms with Crippen molar-refractivity contribution in [2.75, 3.05) is 18.5 Å². The molecule has 0 unspecified atom stereocenters. The largest absolute Gasteiger partial charge is 0.486 e. The molecule has 0 bridgehead atoms. The Morgan fingerprint density at radius 2 is 1.89 bits per heavy atom. The number of aromatic nitrogens is 2. The Balaban J connectivity index is 1.63. The molecule has 1 amide bonds. The summed E-state index contributed by atoms with van der Waals surface area (Å²) in [5.41, 5.74) is 1.20. The monoisotopic (exact) mass is 369 g/mol. The maximum Gasteiger partial charge on any atom is 0.236 e. The van der Waals surface area contributed by atoms with E-state index in [4.69, 9.17) is 9.47 Å². The Hall–Kier alpha value is -3.09. The number of carbonyl (C=O) groups excluding carboxylic acids is 1. The van der Waals surface area contributed by atoms with Crippen LogP contribution in [-0.4, -0.2) is 28.7 Å². The van der Waals surface area contributed by atoms with Gasteiger partial charge in [0.25, 0.3) is 0 Å². The van der Waals surface area contributed by atoms with Crippen LogP contribution in [0.4, 0.5) is 10.3 Å². The fourth-order valence-corrected chi connectivity index (χ4v) is 3.11. The van der Waals surface area contributed by atoms with Gasteiger partial charge in [-0.1, -0.05) is 6.07 Å². The number of imidazole rings is 1. The lowest BCUT2D eigenvalue weighted by Gasteiger charge is -2.26. The summed E-state index contributed by atoms with van der Waals surface area (Å²) in [7, 11) is 1.78. The van der Waals surface area contributed by atoms with E-state index in [1.807, 2.05) is 32.0 Å². The number of anilines is 1. The maximum absolute atomic E-state index is 13.4. The van der Waals surface area contributed by atoms with Crippen molar-refractivity contribution < 1.29 is 18.7 Å². The first-order chi connectivity index (χ1) is 12.9. The van der Waals surface area contributed by atoms with Crippen molar-refractivity contribution in [3.8, 4) is 11.5 Å². The Kier molecular flexibility index (Phi) is 4.02. The van der Waals surface area contributed by atoms with Crippen LogP contribution in [0.15, 0.2) is 36.4 Å². The van der Waals surface area contributed by atoms with E-state index in [1.165, 1.54) is 12.1 Å². The Labute approximate surface area is 155 Å². The number of amides is 1. The van der Waals surface area contributed by atoms with Crippen molar-refractivity contribution in [3.63, 3.8) is 0 Å². The fourth-order valence-electron chi connectivity index (χ4n) is 3.11. The Bertz CT molecular complexity index is 1040. The average molecular weight is 369 g/mol. The van der Waals surface area contributed by atoms with Crippen LogP contribution in [0.2, 0.25) is 0 Å². The molecule has 1 aliphatic rings. The number of fused-ring (bicyclic) bond motifs is 2. The van der Waals surface area contributed by atoms with E-state index in [-0.39, 0.29) is 11.7 Å². The van der Waals surface area contributed by atoms with Gasteiger partial charge >= 0.3 is 0 Å².